The van der Waals surface area contributed by atoms with Crippen molar-refractivity contribution in [2.24, 2.45) is 0 Å². The second-order valence-corrected chi connectivity index (χ2v) is 9.79. The molecule has 1 heterocycles. The zero-order valence-corrected chi connectivity index (χ0v) is 22.6. The van der Waals surface area contributed by atoms with E-state index in [-0.39, 0.29) is 17.4 Å². The van der Waals surface area contributed by atoms with Crippen molar-refractivity contribution in [2.75, 3.05) is 19.7 Å². The molecule has 1 fully saturated rings. The number of allylic oxidation sites excluding steroid dienone is 2. The Hall–Kier alpha value is -2.90. The lowest BCUT2D eigenvalue weighted by Crippen LogP contribution is -2.31. The van der Waals surface area contributed by atoms with E-state index in [2.05, 4.69) is 11.8 Å². The molecule has 1 atom stereocenters. The molecular formula is C29H36ClFN2O4. The summed E-state index contributed by atoms with van der Waals surface area (Å²) in [6.07, 6.45) is 5.00. The Morgan fingerprint density at radius 2 is 2.05 bits per heavy atom. The van der Waals surface area contributed by atoms with Crippen LogP contribution in [0.3, 0.4) is 0 Å². The summed E-state index contributed by atoms with van der Waals surface area (Å²) in [6.45, 7) is 8.09. The first kappa shape index (κ1) is 28.7. The maximum absolute atomic E-state index is 14.2. The van der Waals surface area contributed by atoms with Crippen molar-refractivity contribution in [2.45, 2.75) is 65.5 Å². The topological polar surface area (TPSA) is 70.1 Å². The van der Waals surface area contributed by atoms with Gasteiger partial charge in [-0.05, 0) is 68.1 Å². The molecule has 1 aliphatic rings. The highest BCUT2D eigenvalue weighted by Gasteiger charge is 2.26. The average molecular weight is 531 g/mol. The first-order valence-electron chi connectivity index (χ1n) is 12.8. The summed E-state index contributed by atoms with van der Waals surface area (Å²) in [5, 5.41) is 9.62. The summed E-state index contributed by atoms with van der Waals surface area (Å²) < 4.78 is 20.2. The summed E-state index contributed by atoms with van der Waals surface area (Å²) >= 11 is 5.87. The molecule has 1 N–H and O–H groups in total. The summed E-state index contributed by atoms with van der Waals surface area (Å²) in [5.41, 5.74) is 3.61. The molecule has 0 saturated carbocycles. The predicted molar refractivity (Wildman–Crippen MR) is 143 cm³/mol. The fraction of sp³-hybridized carbons (Fsp3) is 0.448. The summed E-state index contributed by atoms with van der Waals surface area (Å²) in [7, 11) is 0. The summed E-state index contributed by atoms with van der Waals surface area (Å²) in [4.78, 5) is 27.7. The minimum absolute atomic E-state index is 0.0141. The monoisotopic (exact) mass is 530 g/mol. The van der Waals surface area contributed by atoms with Crippen LogP contribution in [-0.2, 0) is 16.1 Å². The van der Waals surface area contributed by atoms with Crippen molar-refractivity contribution >= 4 is 23.5 Å². The molecule has 2 aromatic rings. The van der Waals surface area contributed by atoms with Crippen LogP contribution in [-0.4, -0.2) is 46.5 Å². The van der Waals surface area contributed by atoms with E-state index in [1.165, 1.54) is 12.1 Å². The summed E-state index contributed by atoms with van der Waals surface area (Å²) in [5.74, 6) is -0.620. The minimum atomic E-state index is -0.945. The predicted octanol–water partition coefficient (Wildman–Crippen LogP) is 6.51. The number of benzene rings is 2. The third kappa shape index (κ3) is 7.79. The van der Waals surface area contributed by atoms with E-state index in [0.29, 0.717) is 38.2 Å². The fourth-order valence-electron chi connectivity index (χ4n) is 4.74. The first-order valence-corrected chi connectivity index (χ1v) is 13.2. The van der Waals surface area contributed by atoms with Crippen LogP contribution in [0.1, 0.15) is 68.7 Å². The molecular weight excluding hydrogens is 495 g/mol. The van der Waals surface area contributed by atoms with Gasteiger partial charge in [-0.15, -0.1) is 0 Å². The number of carboxylic acids is 1. The maximum Gasteiger partial charge on any atom is 0.305 e. The molecule has 1 unspecified atom stereocenters. The van der Waals surface area contributed by atoms with Crippen molar-refractivity contribution in [3.8, 4) is 5.75 Å². The standard InChI is InChI=1S/C29H36ClFN2O4/c1-4-6-13-32(26(18-29(35)36)22-8-10-24(30)25(31)17-22)19-21-7-11-27(20(3)16-21)37-15-14-33-23(5-2)9-12-28(33)34/h5,7-8,10-11,16-17,26H,4,6,9,12-15,18-19H2,1-3H3,(H,35,36)/b23-5-. The van der Waals surface area contributed by atoms with Crippen molar-refractivity contribution in [3.05, 3.63) is 75.7 Å². The molecule has 37 heavy (non-hydrogen) atoms. The van der Waals surface area contributed by atoms with Crippen LogP contribution >= 0.6 is 11.6 Å². The Labute approximate surface area is 223 Å². The number of hydrogen-bond acceptors (Lipinski definition) is 4. The van der Waals surface area contributed by atoms with Crippen molar-refractivity contribution < 1.29 is 23.8 Å². The largest absolute Gasteiger partial charge is 0.491 e. The van der Waals surface area contributed by atoms with Crippen LogP contribution in [0.25, 0.3) is 0 Å². The Kier molecular flexibility index (Phi) is 10.5. The van der Waals surface area contributed by atoms with Gasteiger partial charge in [0.15, 0.2) is 0 Å². The van der Waals surface area contributed by atoms with Gasteiger partial charge in [-0.25, -0.2) is 4.39 Å². The Morgan fingerprint density at radius 3 is 2.70 bits per heavy atom. The minimum Gasteiger partial charge on any atom is -0.491 e. The third-order valence-corrected chi connectivity index (χ3v) is 7.02. The third-order valence-electron chi connectivity index (χ3n) is 6.71. The van der Waals surface area contributed by atoms with Crippen LogP contribution in [0.15, 0.2) is 48.2 Å². The number of rotatable bonds is 13. The lowest BCUT2D eigenvalue weighted by Gasteiger charge is -2.31. The van der Waals surface area contributed by atoms with E-state index < -0.39 is 17.8 Å². The summed E-state index contributed by atoms with van der Waals surface area (Å²) in [6, 6.07) is 9.94. The van der Waals surface area contributed by atoms with Crippen LogP contribution in [0, 0.1) is 12.7 Å². The second kappa shape index (κ2) is 13.6. The SMILES string of the molecule is C/C=C1/CCC(=O)N1CCOc1ccc(CN(CCCC)C(CC(=O)O)c2ccc(Cl)c(F)c2)cc1C. The Morgan fingerprint density at radius 1 is 1.27 bits per heavy atom. The van der Waals surface area contributed by atoms with E-state index in [0.717, 1.165) is 41.8 Å². The molecule has 3 rings (SSSR count). The molecule has 0 radical (unpaired) electrons. The molecule has 0 spiro atoms. The van der Waals surface area contributed by atoms with Gasteiger partial charge in [0.05, 0.1) is 18.0 Å². The number of carbonyl (C=O) groups is 2. The number of carbonyl (C=O) groups excluding carboxylic acids is 1. The smallest absolute Gasteiger partial charge is 0.305 e. The van der Waals surface area contributed by atoms with Crippen molar-refractivity contribution in [1.82, 2.24) is 9.80 Å². The number of carboxylic acid groups (broad SMARTS) is 1. The molecule has 0 bridgehead atoms. The molecule has 8 heteroatoms. The van der Waals surface area contributed by atoms with Gasteiger partial charge in [-0.3, -0.25) is 14.5 Å². The molecule has 1 aliphatic heterocycles. The van der Waals surface area contributed by atoms with E-state index in [4.69, 9.17) is 16.3 Å². The molecule has 0 aromatic heterocycles. The number of ether oxygens (including phenoxy) is 1. The van der Waals surface area contributed by atoms with Gasteiger partial charge in [0.25, 0.3) is 0 Å². The zero-order valence-electron chi connectivity index (χ0n) is 21.8. The quantitative estimate of drug-likeness (QED) is 0.319. The Balaban J connectivity index is 1.74. The van der Waals surface area contributed by atoms with Crippen LogP contribution in [0.2, 0.25) is 5.02 Å². The first-order chi connectivity index (χ1) is 17.7. The normalized spacial score (nSPS) is 15.6. The number of hydrogen-bond donors (Lipinski definition) is 1. The number of likely N-dealkylation sites (tertiary alicyclic amines) is 1. The molecule has 0 aliphatic carbocycles. The number of unbranched alkanes of at least 4 members (excludes halogenated alkanes) is 1. The van der Waals surface area contributed by atoms with E-state index in [1.54, 1.807) is 11.0 Å². The molecule has 2 aromatic carbocycles. The van der Waals surface area contributed by atoms with Crippen molar-refractivity contribution in [3.63, 3.8) is 0 Å². The van der Waals surface area contributed by atoms with Gasteiger partial charge in [-0.2, -0.15) is 0 Å². The zero-order chi connectivity index (χ0) is 26.9. The molecule has 1 saturated heterocycles. The van der Waals surface area contributed by atoms with Gasteiger partial charge in [0.1, 0.15) is 18.2 Å². The highest BCUT2D eigenvalue weighted by molar-refractivity contribution is 6.30. The van der Waals surface area contributed by atoms with Crippen molar-refractivity contribution in [1.29, 1.82) is 0 Å². The number of aryl methyl sites for hydroxylation is 1. The van der Waals surface area contributed by atoms with Crippen LogP contribution < -0.4 is 4.74 Å². The van der Waals surface area contributed by atoms with E-state index in [1.807, 2.05) is 38.1 Å². The Bertz CT molecular complexity index is 1140. The molecule has 200 valence electrons. The van der Waals surface area contributed by atoms with Gasteiger partial charge in [-0.1, -0.05) is 49.2 Å². The lowest BCUT2D eigenvalue weighted by atomic mass is 10.00. The van der Waals surface area contributed by atoms with Gasteiger partial charge in [0, 0.05) is 24.7 Å². The van der Waals surface area contributed by atoms with E-state index in [9.17, 15) is 19.1 Å². The second-order valence-electron chi connectivity index (χ2n) is 9.38. The van der Waals surface area contributed by atoms with Crippen LogP contribution in [0.4, 0.5) is 4.39 Å². The highest BCUT2D eigenvalue weighted by atomic mass is 35.5. The number of aliphatic carboxylic acids is 1. The number of nitrogens with zero attached hydrogens (tertiary/aromatic N) is 2. The number of amides is 1. The average Bonchev–Trinajstić information content (AvgIpc) is 3.22. The number of halogens is 2. The van der Waals surface area contributed by atoms with Gasteiger partial charge in [0.2, 0.25) is 5.91 Å². The van der Waals surface area contributed by atoms with Crippen LogP contribution in [0.5, 0.6) is 5.75 Å². The molecule has 6 nitrogen and oxygen atoms in total. The van der Waals surface area contributed by atoms with Gasteiger partial charge >= 0.3 is 5.97 Å². The fourth-order valence-corrected chi connectivity index (χ4v) is 4.85. The van der Waals surface area contributed by atoms with Gasteiger partial charge < -0.3 is 14.7 Å². The molecule has 1 amide bonds. The van der Waals surface area contributed by atoms with E-state index >= 15 is 0 Å². The maximum atomic E-state index is 14.2. The lowest BCUT2D eigenvalue weighted by molar-refractivity contribution is -0.138. The highest BCUT2D eigenvalue weighted by Crippen LogP contribution is 2.30.